The van der Waals surface area contributed by atoms with Gasteiger partial charge in [-0.05, 0) is 105 Å². The maximum Gasteiger partial charge on any atom is 0.248 e. The van der Waals surface area contributed by atoms with E-state index in [9.17, 15) is 0 Å². The summed E-state index contributed by atoms with van der Waals surface area (Å²) in [5.41, 5.74) is 6.95. The molecule has 0 unspecified atom stereocenters. The summed E-state index contributed by atoms with van der Waals surface area (Å²) < 4.78 is 0. The van der Waals surface area contributed by atoms with Crippen LogP contribution in [0.3, 0.4) is 0 Å². The van der Waals surface area contributed by atoms with Gasteiger partial charge in [-0.1, -0.05) is 144 Å². The van der Waals surface area contributed by atoms with Crippen molar-refractivity contribution in [3.05, 3.63) is 194 Å². The summed E-state index contributed by atoms with van der Waals surface area (Å²) in [7, 11) is -3.20. The molecular weight excluding hydrogens is 638 g/mol. The van der Waals surface area contributed by atoms with Crippen LogP contribution in [0.4, 0.5) is 0 Å². The SMILES string of the molecule is Clc1cc(Cc2ccccc2)cc([Si](Cl)(c2cc(Cl)cc(Cc3ccccc3)c2)c2cc(Cl)cc(Cc3ccccc3)c2)c1. The van der Waals surface area contributed by atoms with Crippen molar-refractivity contribution < 1.29 is 0 Å². The molecule has 6 rings (SSSR count). The Labute approximate surface area is 280 Å². The zero-order valence-corrected chi connectivity index (χ0v) is 28.0. The third-order valence-electron chi connectivity index (χ3n) is 7.82. The lowest BCUT2D eigenvalue weighted by atomic mass is 10.1. The summed E-state index contributed by atoms with van der Waals surface area (Å²) >= 11 is 28.7. The van der Waals surface area contributed by atoms with E-state index in [0.717, 1.165) is 51.5 Å². The Morgan fingerprint density at radius 1 is 0.341 bits per heavy atom. The third-order valence-corrected chi connectivity index (χ3v) is 13.7. The second-order valence-corrected chi connectivity index (χ2v) is 17.2. The molecule has 0 N–H and O–H groups in total. The molecule has 0 aromatic heterocycles. The summed E-state index contributed by atoms with van der Waals surface area (Å²) in [6.07, 6.45) is 2.25. The lowest BCUT2D eigenvalue weighted by Gasteiger charge is -2.29. The first kappa shape index (κ1) is 30.7. The first-order chi connectivity index (χ1) is 21.3. The number of hydrogen-bond acceptors (Lipinski definition) is 0. The van der Waals surface area contributed by atoms with E-state index in [4.69, 9.17) is 45.9 Å². The average molecular weight is 669 g/mol. The Bertz CT molecular complexity index is 1650. The van der Waals surface area contributed by atoms with Crippen molar-refractivity contribution in [1.82, 2.24) is 0 Å². The van der Waals surface area contributed by atoms with Crippen LogP contribution in [0.1, 0.15) is 33.4 Å². The quantitative estimate of drug-likeness (QED) is 0.0818. The van der Waals surface area contributed by atoms with Crippen molar-refractivity contribution in [3.8, 4) is 0 Å². The highest BCUT2D eigenvalue weighted by Gasteiger charge is 2.39. The molecule has 0 radical (unpaired) electrons. The summed E-state index contributed by atoms with van der Waals surface area (Å²) in [5.74, 6) is 0. The van der Waals surface area contributed by atoms with Crippen molar-refractivity contribution in [2.24, 2.45) is 0 Å². The second-order valence-electron chi connectivity index (χ2n) is 11.2. The Hall–Kier alpha value is -3.30. The number of benzene rings is 6. The Balaban J connectivity index is 1.52. The third kappa shape index (κ3) is 7.32. The molecule has 6 aromatic rings. The molecule has 0 amide bonds. The van der Waals surface area contributed by atoms with Crippen molar-refractivity contribution in [1.29, 1.82) is 0 Å². The zero-order chi connectivity index (χ0) is 30.5. The van der Waals surface area contributed by atoms with Gasteiger partial charge in [0.05, 0.1) is 0 Å². The molecule has 218 valence electrons. The van der Waals surface area contributed by atoms with Gasteiger partial charge in [0.2, 0.25) is 7.38 Å². The normalized spacial score (nSPS) is 11.5. The standard InChI is InChI=1S/C39H30Cl4Si/c40-34-19-31(16-28-10-4-1-5-11-28)22-37(25-34)44(43,38-23-32(20-35(41)26-38)17-29-12-6-2-7-13-29)39-24-33(21-36(42)27-39)18-30-14-8-3-9-15-30/h1-15,19-27H,16-18H2. The lowest BCUT2D eigenvalue weighted by Crippen LogP contribution is -2.63. The van der Waals surface area contributed by atoms with E-state index in [-0.39, 0.29) is 0 Å². The van der Waals surface area contributed by atoms with Gasteiger partial charge in [0.1, 0.15) is 0 Å². The highest BCUT2D eigenvalue weighted by Crippen LogP contribution is 2.24. The van der Waals surface area contributed by atoms with Crippen molar-refractivity contribution >= 4 is 68.8 Å². The molecule has 0 saturated carbocycles. The lowest BCUT2D eigenvalue weighted by molar-refractivity contribution is 1.19. The Kier molecular flexibility index (Phi) is 9.61. The van der Waals surface area contributed by atoms with E-state index in [1.807, 2.05) is 54.6 Å². The van der Waals surface area contributed by atoms with Gasteiger partial charge in [0.15, 0.2) is 0 Å². The molecule has 0 atom stereocenters. The predicted molar refractivity (Wildman–Crippen MR) is 193 cm³/mol. The molecule has 0 spiro atoms. The molecule has 0 heterocycles. The summed E-state index contributed by atoms with van der Waals surface area (Å²) in [5, 5.41) is 4.97. The van der Waals surface area contributed by atoms with Crippen LogP contribution in [0.2, 0.25) is 15.1 Å². The maximum absolute atomic E-state index is 8.12. The first-order valence-corrected chi connectivity index (χ1v) is 18.7. The van der Waals surface area contributed by atoms with Gasteiger partial charge in [-0.2, -0.15) is 0 Å². The number of rotatable bonds is 9. The molecule has 0 aliphatic carbocycles. The fourth-order valence-corrected chi connectivity index (χ4v) is 11.1. The Morgan fingerprint density at radius 3 is 0.886 bits per heavy atom. The largest absolute Gasteiger partial charge is 0.248 e. The number of hydrogen-bond donors (Lipinski definition) is 0. The van der Waals surface area contributed by atoms with Crippen molar-refractivity contribution in [3.63, 3.8) is 0 Å². The van der Waals surface area contributed by atoms with Crippen LogP contribution in [-0.2, 0) is 19.3 Å². The minimum atomic E-state index is -3.20. The van der Waals surface area contributed by atoms with Gasteiger partial charge in [0.25, 0.3) is 0 Å². The van der Waals surface area contributed by atoms with Crippen LogP contribution < -0.4 is 15.6 Å². The highest BCUT2D eigenvalue weighted by atomic mass is 35.6. The van der Waals surface area contributed by atoms with Gasteiger partial charge in [-0.15, -0.1) is 11.1 Å². The van der Waals surface area contributed by atoms with E-state index in [1.54, 1.807) is 0 Å². The van der Waals surface area contributed by atoms with E-state index in [2.05, 4.69) is 91.0 Å². The van der Waals surface area contributed by atoms with Crippen LogP contribution in [0.5, 0.6) is 0 Å². The summed E-state index contributed by atoms with van der Waals surface area (Å²) in [6, 6.07) is 50.0. The van der Waals surface area contributed by atoms with Crippen LogP contribution in [0.25, 0.3) is 0 Å². The monoisotopic (exact) mass is 666 g/mol. The molecule has 5 heteroatoms. The molecule has 0 saturated heterocycles. The van der Waals surface area contributed by atoms with Gasteiger partial charge in [-0.25, -0.2) is 0 Å². The van der Waals surface area contributed by atoms with Gasteiger partial charge >= 0.3 is 0 Å². The molecule has 0 aliphatic heterocycles. The van der Waals surface area contributed by atoms with Crippen molar-refractivity contribution in [2.45, 2.75) is 19.3 Å². The van der Waals surface area contributed by atoms with Gasteiger partial charge in [0, 0.05) is 15.1 Å². The second kappa shape index (κ2) is 13.8. The van der Waals surface area contributed by atoms with Crippen LogP contribution in [0.15, 0.2) is 146 Å². The van der Waals surface area contributed by atoms with Crippen molar-refractivity contribution in [2.75, 3.05) is 0 Å². The summed E-state index contributed by atoms with van der Waals surface area (Å²) in [4.78, 5) is 0. The first-order valence-electron chi connectivity index (χ1n) is 14.6. The van der Waals surface area contributed by atoms with Gasteiger partial charge < -0.3 is 0 Å². The van der Waals surface area contributed by atoms with E-state index in [1.165, 1.54) is 16.7 Å². The van der Waals surface area contributed by atoms with E-state index >= 15 is 0 Å². The van der Waals surface area contributed by atoms with Gasteiger partial charge in [-0.3, -0.25) is 0 Å². The van der Waals surface area contributed by atoms with Crippen LogP contribution in [0, 0.1) is 0 Å². The van der Waals surface area contributed by atoms with E-state index in [0.29, 0.717) is 15.1 Å². The fraction of sp³-hybridized carbons (Fsp3) is 0.0769. The predicted octanol–water partition coefficient (Wildman–Crippen LogP) is 9.62. The fourth-order valence-electron chi connectivity index (χ4n) is 5.85. The highest BCUT2D eigenvalue weighted by molar-refractivity contribution is 7.40. The molecule has 0 bridgehead atoms. The minimum Gasteiger partial charge on any atom is -0.149 e. The zero-order valence-electron chi connectivity index (χ0n) is 24.0. The summed E-state index contributed by atoms with van der Waals surface area (Å²) in [6.45, 7) is 0. The van der Waals surface area contributed by atoms with Crippen LogP contribution >= 0.6 is 45.9 Å². The molecule has 44 heavy (non-hydrogen) atoms. The topological polar surface area (TPSA) is 0 Å². The minimum absolute atomic E-state index is 0.657. The van der Waals surface area contributed by atoms with Crippen LogP contribution in [-0.4, -0.2) is 7.38 Å². The average Bonchev–Trinajstić information content (AvgIpc) is 3.01. The molecule has 0 nitrogen and oxygen atoms in total. The molecule has 0 aliphatic rings. The molecule has 0 fully saturated rings. The molecular formula is C39H30Cl4Si. The maximum atomic E-state index is 8.12. The van der Waals surface area contributed by atoms with E-state index < -0.39 is 7.38 Å². The number of halogens is 4. The smallest absolute Gasteiger partial charge is 0.149 e. The Morgan fingerprint density at radius 2 is 0.614 bits per heavy atom. The molecule has 6 aromatic carbocycles.